The molecule has 1 aromatic heterocycles. The Hall–Kier alpha value is -1.79. The lowest BCUT2D eigenvalue weighted by Gasteiger charge is -2.05. The van der Waals surface area contributed by atoms with Crippen molar-refractivity contribution in [2.45, 2.75) is 0 Å². The van der Waals surface area contributed by atoms with Gasteiger partial charge in [0.15, 0.2) is 11.5 Å². The van der Waals surface area contributed by atoms with Gasteiger partial charge in [-0.1, -0.05) is 11.6 Å². The third-order valence-corrected chi connectivity index (χ3v) is 3.04. The van der Waals surface area contributed by atoms with Crippen LogP contribution in [-0.4, -0.2) is 23.4 Å². The minimum Gasteiger partial charge on any atom is -0.503 e. The summed E-state index contributed by atoms with van der Waals surface area (Å²) in [6, 6.07) is 3.22. The van der Waals surface area contributed by atoms with E-state index < -0.39 is 0 Å². The number of nitrogens with one attached hydrogen (secondary N) is 1. The van der Waals surface area contributed by atoms with Crippen LogP contribution in [0.4, 0.5) is 5.13 Å². The van der Waals surface area contributed by atoms with E-state index in [0.29, 0.717) is 16.4 Å². The van der Waals surface area contributed by atoms with Gasteiger partial charge in [0.25, 0.3) is 0 Å². The smallest absolute Gasteiger partial charge is 0.203 e. The highest BCUT2D eigenvalue weighted by Crippen LogP contribution is 2.34. The number of aromatic nitrogens is 1. The Balaban J connectivity index is 2.14. The summed E-state index contributed by atoms with van der Waals surface area (Å²) in [5.74, 6) is 0.224. The van der Waals surface area contributed by atoms with E-state index in [4.69, 9.17) is 16.3 Å². The molecule has 5 nitrogen and oxygen atoms in total. The molecule has 2 N–H and O–H groups in total. The number of hydrogen-bond donors (Lipinski definition) is 2. The van der Waals surface area contributed by atoms with Gasteiger partial charge in [-0.3, -0.25) is 5.43 Å². The fraction of sp³-hybridized carbons (Fsp3) is 0.0909. The predicted octanol–water partition coefficient (Wildman–Crippen LogP) is 2.96. The number of rotatable bonds is 4. The molecular weight excluding hydrogens is 274 g/mol. The SMILES string of the molecule is COc1cc(/C=N\Nc2nccs2)cc(Cl)c1O. The van der Waals surface area contributed by atoms with E-state index in [2.05, 4.69) is 15.5 Å². The fourth-order valence-corrected chi connectivity index (χ4v) is 1.96. The average molecular weight is 284 g/mol. The van der Waals surface area contributed by atoms with E-state index in [1.54, 1.807) is 24.5 Å². The van der Waals surface area contributed by atoms with Crippen molar-refractivity contribution in [1.82, 2.24) is 4.98 Å². The Morgan fingerprint density at radius 1 is 1.56 bits per heavy atom. The van der Waals surface area contributed by atoms with Gasteiger partial charge in [-0.25, -0.2) is 4.98 Å². The second-order valence-corrected chi connectivity index (χ2v) is 4.56. The van der Waals surface area contributed by atoms with Crippen LogP contribution in [0.5, 0.6) is 11.5 Å². The van der Waals surface area contributed by atoms with Gasteiger partial charge in [0.05, 0.1) is 18.3 Å². The molecule has 2 rings (SSSR count). The van der Waals surface area contributed by atoms with Gasteiger partial charge < -0.3 is 9.84 Å². The molecule has 0 aliphatic rings. The number of hydrogen-bond acceptors (Lipinski definition) is 6. The lowest BCUT2D eigenvalue weighted by molar-refractivity contribution is 0.373. The van der Waals surface area contributed by atoms with Crippen molar-refractivity contribution in [3.63, 3.8) is 0 Å². The molecule has 0 atom stereocenters. The summed E-state index contributed by atoms with van der Waals surface area (Å²) in [7, 11) is 1.46. The molecule has 0 fully saturated rings. The molecule has 94 valence electrons. The quantitative estimate of drug-likeness (QED) is 0.669. The lowest BCUT2D eigenvalue weighted by Crippen LogP contribution is -1.91. The van der Waals surface area contributed by atoms with E-state index in [-0.39, 0.29) is 10.8 Å². The predicted molar refractivity (Wildman–Crippen MR) is 73.0 cm³/mol. The van der Waals surface area contributed by atoms with Crippen LogP contribution in [0.1, 0.15) is 5.56 Å². The van der Waals surface area contributed by atoms with Crippen LogP contribution in [0.15, 0.2) is 28.8 Å². The van der Waals surface area contributed by atoms with E-state index in [9.17, 15) is 5.11 Å². The summed E-state index contributed by atoms with van der Waals surface area (Å²) >= 11 is 7.30. The topological polar surface area (TPSA) is 66.7 Å². The number of benzene rings is 1. The largest absolute Gasteiger partial charge is 0.503 e. The summed E-state index contributed by atoms with van der Waals surface area (Å²) in [4.78, 5) is 4.02. The minimum absolute atomic E-state index is 0.0794. The van der Waals surface area contributed by atoms with E-state index >= 15 is 0 Å². The van der Waals surface area contributed by atoms with Crippen LogP contribution in [-0.2, 0) is 0 Å². The van der Waals surface area contributed by atoms with Gasteiger partial charge in [0, 0.05) is 11.6 Å². The van der Waals surface area contributed by atoms with Crippen molar-refractivity contribution in [1.29, 1.82) is 0 Å². The number of methoxy groups -OCH3 is 1. The molecule has 0 amide bonds. The highest BCUT2D eigenvalue weighted by Gasteiger charge is 2.07. The number of phenols is 1. The Morgan fingerprint density at radius 3 is 3.06 bits per heavy atom. The number of phenolic OH excluding ortho intramolecular Hbond substituents is 1. The van der Waals surface area contributed by atoms with Crippen molar-refractivity contribution in [2.24, 2.45) is 5.10 Å². The van der Waals surface area contributed by atoms with Gasteiger partial charge in [0.2, 0.25) is 5.13 Å². The van der Waals surface area contributed by atoms with Crippen molar-refractivity contribution < 1.29 is 9.84 Å². The maximum Gasteiger partial charge on any atom is 0.203 e. The number of aromatic hydroxyl groups is 1. The molecule has 2 aromatic rings. The molecule has 7 heteroatoms. The van der Waals surface area contributed by atoms with E-state index in [1.807, 2.05) is 5.38 Å². The molecular formula is C11H10ClN3O2S. The molecule has 0 saturated heterocycles. The van der Waals surface area contributed by atoms with Crippen molar-refractivity contribution in [3.05, 3.63) is 34.3 Å². The van der Waals surface area contributed by atoms with Crippen LogP contribution in [0.2, 0.25) is 5.02 Å². The Bertz CT molecular complexity index is 558. The first-order chi connectivity index (χ1) is 8.70. The van der Waals surface area contributed by atoms with Crippen LogP contribution < -0.4 is 10.2 Å². The zero-order valence-electron chi connectivity index (χ0n) is 9.42. The number of nitrogens with zero attached hydrogens (tertiary/aromatic N) is 2. The zero-order valence-corrected chi connectivity index (χ0v) is 11.0. The monoisotopic (exact) mass is 283 g/mol. The first kappa shape index (κ1) is 12.7. The summed E-state index contributed by atoms with van der Waals surface area (Å²) in [5, 5.41) is 16.3. The fourth-order valence-electron chi connectivity index (χ4n) is 1.26. The lowest BCUT2D eigenvalue weighted by atomic mass is 10.2. The standard InChI is InChI=1S/C11H10ClN3O2S/c1-17-9-5-7(4-8(12)10(9)16)6-14-15-11-13-2-3-18-11/h2-6,16H,1H3,(H,13,15)/b14-6-. The maximum atomic E-state index is 9.57. The third-order valence-electron chi connectivity index (χ3n) is 2.08. The molecule has 0 spiro atoms. The number of anilines is 1. The molecule has 0 radical (unpaired) electrons. The summed E-state index contributed by atoms with van der Waals surface area (Å²) in [6.45, 7) is 0. The molecule has 0 aliphatic heterocycles. The molecule has 0 saturated carbocycles. The number of hydrazone groups is 1. The molecule has 0 bridgehead atoms. The molecule has 1 heterocycles. The number of thiazole rings is 1. The van der Waals surface area contributed by atoms with Gasteiger partial charge in [0.1, 0.15) is 0 Å². The van der Waals surface area contributed by atoms with Gasteiger partial charge in [-0.2, -0.15) is 5.10 Å². The van der Waals surface area contributed by atoms with Crippen molar-refractivity contribution >= 4 is 34.3 Å². The normalized spacial score (nSPS) is 10.8. The van der Waals surface area contributed by atoms with Crippen molar-refractivity contribution in [2.75, 3.05) is 12.5 Å². The highest BCUT2D eigenvalue weighted by atomic mass is 35.5. The highest BCUT2D eigenvalue weighted by molar-refractivity contribution is 7.13. The molecule has 0 unspecified atom stereocenters. The van der Waals surface area contributed by atoms with Crippen LogP contribution >= 0.6 is 22.9 Å². The number of ether oxygens (including phenoxy) is 1. The Morgan fingerprint density at radius 2 is 2.39 bits per heavy atom. The summed E-state index contributed by atoms with van der Waals surface area (Å²) in [6.07, 6.45) is 3.25. The Labute approximate surface area is 113 Å². The molecule has 1 aromatic carbocycles. The third kappa shape index (κ3) is 2.91. The average Bonchev–Trinajstić information content (AvgIpc) is 2.86. The van der Waals surface area contributed by atoms with Gasteiger partial charge in [-0.15, -0.1) is 11.3 Å². The summed E-state index contributed by atoms with van der Waals surface area (Å²) < 4.78 is 4.99. The zero-order chi connectivity index (χ0) is 13.0. The van der Waals surface area contributed by atoms with Gasteiger partial charge >= 0.3 is 0 Å². The summed E-state index contributed by atoms with van der Waals surface area (Å²) in [5.41, 5.74) is 3.48. The van der Waals surface area contributed by atoms with Crippen LogP contribution in [0, 0.1) is 0 Å². The minimum atomic E-state index is -0.0794. The second-order valence-electron chi connectivity index (χ2n) is 3.26. The Kier molecular flexibility index (Phi) is 4.01. The van der Waals surface area contributed by atoms with Crippen LogP contribution in [0.25, 0.3) is 0 Å². The van der Waals surface area contributed by atoms with Crippen LogP contribution in [0.3, 0.4) is 0 Å². The van der Waals surface area contributed by atoms with Crippen molar-refractivity contribution in [3.8, 4) is 11.5 Å². The number of halogens is 1. The van der Waals surface area contributed by atoms with E-state index in [0.717, 1.165) is 0 Å². The van der Waals surface area contributed by atoms with E-state index in [1.165, 1.54) is 18.4 Å². The molecule has 0 aliphatic carbocycles. The first-order valence-corrected chi connectivity index (χ1v) is 6.21. The van der Waals surface area contributed by atoms with Gasteiger partial charge in [-0.05, 0) is 17.7 Å². The molecule has 18 heavy (non-hydrogen) atoms. The second kappa shape index (κ2) is 5.70. The first-order valence-electron chi connectivity index (χ1n) is 4.96. The maximum absolute atomic E-state index is 9.57.